The van der Waals surface area contributed by atoms with E-state index in [0.717, 1.165) is 5.57 Å². The summed E-state index contributed by atoms with van der Waals surface area (Å²) < 4.78 is 4.57. The molecule has 0 aliphatic rings. The van der Waals surface area contributed by atoms with Crippen molar-refractivity contribution in [1.82, 2.24) is 5.32 Å². The van der Waals surface area contributed by atoms with Crippen LogP contribution in [0.3, 0.4) is 0 Å². The lowest BCUT2D eigenvalue weighted by Gasteiger charge is -2.06. The summed E-state index contributed by atoms with van der Waals surface area (Å²) in [6.45, 7) is 3.99. The molecule has 5 heteroatoms. The zero-order valence-corrected chi connectivity index (χ0v) is 9.29. The number of ether oxygens (including phenoxy) is 1. The smallest absolute Gasteiger partial charge is 0.333 e. The topological polar surface area (TPSA) is 75.6 Å². The first kappa shape index (κ1) is 13.6. The Bertz CT molecular complexity index is 271. The molecule has 2 N–H and O–H groups in total. The van der Waals surface area contributed by atoms with Crippen molar-refractivity contribution in [2.75, 3.05) is 20.2 Å². The van der Waals surface area contributed by atoms with Crippen LogP contribution in [0.15, 0.2) is 11.1 Å². The molecule has 0 radical (unpaired) electrons. The van der Waals surface area contributed by atoms with Crippen molar-refractivity contribution in [2.24, 2.45) is 0 Å². The number of hydrogen-bond acceptors (Lipinski definition) is 4. The molecule has 0 rings (SSSR count). The van der Waals surface area contributed by atoms with Crippen LogP contribution >= 0.6 is 0 Å². The fourth-order valence-corrected chi connectivity index (χ4v) is 0.986. The van der Waals surface area contributed by atoms with Crippen LogP contribution < -0.4 is 5.32 Å². The first-order valence-corrected chi connectivity index (χ1v) is 4.66. The van der Waals surface area contributed by atoms with E-state index in [0.29, 0.717) is 18.5 Å². The molecule has 0 fully saturated rings. The highest BCUT2D eigenvalue weighted by Crippen LogP contribution is 2.08. The summed E-state index contributed by atoms with van der Waals surface area (Å²) >= 11 is 0. The fraction of sp³-hybridized carbons (Fsp3) is 0.600. The van der Waals surface area contributed by atoms with Crippen LogP contribution in [-0.4, -0.2) is 37.2 Å². The van der Waals surface area contributed by atoms with Gasteiger partial charge < -0.3 is 15.2 Å². The number of carboxylic acid groups (broad SMARTS) is 1. The molecule has 0 aliphatic heterocycles. The van der Waals surface area contributed by atoms with Gasteiger partial charge in [0.1, 0.15) is 0 Å². The van der Waals surface area contributed by atoms with Crippen LogP contribution in [-0.2, 0) is 14.3 Å². The molecule has 0 amide bonds. The number of rotatable bonds is 6. The monoisotopic (exact) mass is 215 g/mol. The summed E-state index contributed by atoms with van der Waals surface area (Å²) in [5.41, 5.74) is 1.48. The molecule has 0 saturated carbocycles. The van der Waals surface area contributed by atoms with Gasteiger partial charge in [0.05, 0.1) is 13.7 Å². The lowest BCUT2D eigenvalue weighted by molar-refractivity contribution is -0.137. The number of carboxylic acids is 1. The molecule has 0 heterocycles. The molecule has 15 heavy (non-hydrogen) atoms. The standard InChI is InChI=1S/C10H17NO4/c1-7(8(2)10(14)15-3)4-5-11-6-9(12)13/h11H,4-6H2,1-3H3,(H,12,13). The van der Waals surface area contributed by atoms with Gasteiger partial charge in [0, 0.05) is 5.57 Å². The Morgan fingerprint density at radius 1 is 1.33 bits per heavy atom. The first-order valence-electron chi connectivity index (χ1n) is 4.66. The van der Waals surface area contributed by atoms with E-state index in [4.69, 9.17) is 5.11 Å². The summed E-state index contributed by atoms with van der Waals surface area (Å²) in [6.07, 6.45) is 0.633. The number of carbonyl (C=O) groups is 2. The first-order chi connectivity index (χ1) is 6.99. The van der Waals surface area contributed by atoms with E-state index in [2.05, 4.69) is 10.1 Å². The molecular formula is C10H17NO4. The SMILES string of the molecule is COC(=O)C(C)=C(C)CCNCC(=O)O. The Kier molecular flexibility index (Phi) is 6.37. The Morgan fingerprint density at radius 2 is 1.93 bits per heavy atom. The van der Waals surface area contributed by atoms with Gasteiger partial charge in [-0.1, -0.05) is 5.57 Å². The maximum absolute atomic E-state index is 11.1. The summed E-state index contributed by atoms with van der Waals surface area (Å²) in [5, 5.41) is 11.1. The number of esters is 1. The lowest BCUT2D eigenvalue weighted by Crippen LogP contribution is -2.23. The zero-order valence-electron chi connectivity index (χ0n) is 9.29. The van der Waals surface area contributed by atoms with Crippen LogP contribution in [0.5, 0.6) is 0 Å². The van der Waals surface area contributed by atoms with Crippen LogP contribution in [0.25, 0.3) is 0 Å². The molecule has 0 aromatic rings. The third-order valence-electron chi connectivity index (χ3n) is 2.08. The van der Waals surface area contributed by atoms with E-state index in [1.165, 1.54) is 7.11 Å². The second kappa shape index (κ2) is 7.00. The van der Waals surface area contributed by atoms with E-state index >= 15 is 0 Å². The van der Waals surface area contributed by atoms with Crippen molar-refractivity contribution >= 4 is 11.9 Å². The van der Waals surface area contributed by atoms with Gasteiger partial charge in [0.15, 0.2) is 0 Å². The molecule has 0 aromatic heterocycles. The van der Waals surface area contributed by atoms with E-state index < -0.39 is 5.97 Å². The van der Waals surface area contributed by atoms with Gasteiger partial charge in [0.25, 0.3) is 0 Å². The molecule has 0 spiro atoms. The maximum Gasteiger partial charge on any atom is 0.333 e. The van der Waals surface area contributed by atoms with Crippen LogP contribution in [0.1, 0.15) is 20.3 Å². The minimum absolute atomic E-state index is 0.0649. The third-order valence-corrected chi connectivity index (χ3v) is 2.08. The molecule has 0 aromatic carbocycles. The Labute approximate surface area is 89.1 Å². The van der Waals surface area contributed by atoms with E-state index in [1.807, 2.05) is 6.92 Å². The fourth-order valence-electron chi connectivity index (χ4n) is 0.986. The van der Waals surface area contributed by atoms with Gasteiger partial charge in [-0.2, -0.15) is 0 Å². The van der Waals surface area contributed by atoms with E-state index in [-0.39, 0.29) is 12.5 Å². The molecular weight excluding hydrogens is 198 g/mol. The summed E-state index contributed by atoms with van der Waals surface area (Å²) in [5.74, 6) is -1.23. The van der Waals surface area contributed by atoms with Gasteiger partial charge in [0.2, 0.25) is 0 Å². The number of carbonyl (C=O) groups excluding carboxylic acids is 1. The maximum atomic E-state index is 11.1. The second-order valence-corrected chi connectivity index (χ2v) is 3.22. The molecule has 0 unspecified atom stereocenters. The van der Waals surface area contributed by atoms with Crippen LogP contribution in [0.2, 0.25) is 0 Å². The highest BCUT2D eigenvalue weighted by atomic mass is 16.5. The average molecular weight is 215 g/mol. The van der Waals surface area contributed by atoms with Crippen molar-refractivity contribution in [2.45, 2.75) is 20.3 Å². The van der Waals surface area contributed by atoms with Gasteiger partial charge in [-0.25, -0.2) is 4.79 Å². The minimum atomic E-state index is -0.888. The predicted octanol–water partition coefficient (Wildman–Crippen LogP) is 0.560. The lowest BCUT2D eigenvalue weighted by atomic mass is 10.1. The average Bonchev–Trinajstić information content (AvgIpc) is 2.21. The van der Waals surface area contributed by atoms with Gasteiger partial charge in [-0.05, 0) is 26.8 Å². The largest absolute Gasteiger partial charge is 0.480 e. The molecule has 0 bridgehead atoms. The zero-order chi connectivity index (χ0) is 11.8. The second-order valence-electron chi connectivity index (χ2n) is 3.22. The van der Waals surface area contributed by atoms with Crippen molar-refractivity contribution in [3.8, 4) is 0 Å². The third kappa shape index (κ3) is 5.85. The number of methoxy groups -OCH3 is 1. The minimum Gasteiger partial charge on any atom is -0.480 e. The van der Waals surface area contributed by atoms with Gasteiger partial charge in [-0.15, -0.1) is 0 Å². The Balaban J connectivity index is 3.96. The molecule has 0 saturated heterocycles. The van der Waals surface area contributed by atoms with Crippen LogP contribution in [0.4, 0.5) is 0 Å². The molecule has 0 atom stereocenters. The Hall–Kier alpha value is -1.36. The number of aliphatic carboxylic acids is 1. The van der Waals surface area contributed by atoms with Crippen molar-refractivity contribution in [3.05, 3.63) is 11.1 Å². The summed E-state index contributed by atoms with van der Waals surface area (Å²) in [4.78, 5) is 21.3. The highest BCUT2D eigenvalue weighted by Gasteiger charge is 2.06. The Morgan fingerprint density at radius 3 is 2.40 bits per heavy atom. The molecule has 5 nitrogen and oxygen atoms in total. The molecule has 86 valence electrons. The number of hydrogen-bond donors (Lipinski definition) is 2. The quantitative estimate of drug-likeness (QED) is 0.384. The highest BCUT2D eigenvalue weighted by molar-refractivity contribution is 5.88. The predicted molar refractivity (Wildman–Crippen MR) is 55.5 cm³/mol. The summed E-state index contributed by atoms with van der Waals surface area (Å²) in [7, 11) is 1.34. The van der Waals surface area contributed by atoms with Crippen molar-refractivity contribution in [3.63, 3.8) is 0 Å². The van der Waals surface area contributed by atoms with Gasteiger partial charge in [-0.3, -0.25) is 4.79 Å². The molecule has 0 aliphatic carbocycles. The number of nitrogens with one attached hydrogen (secondary N) is 1. The summed E-state index contributed by atoms with van der Waals surface area (Å²) in [6, 6.07) is 0. The van der Waals surface area contributed by atoms with Gasteiger partial charge >= 0.3 is 11.9 Å². The van der Waals surface area contributed by atoms with Crippen molar-refractivity contribution in [1.29, 1.82) is 0 Å². The van der Waals surface area contributed by atoms with Crippen LogP contribution in [0, 0.1) is 0 Å². The van der Waals surface area contributed by atoms with Crippen molar-refractivity contribution < 1.29 is 19.4 Å². The van der Waals surface area contributed by atoms with E-state index in [9.17, 15) is 9.59 Å². The van der Waals surface area contributed by atoms with E-state index in [1.54, 1.807) is 6.92 Å². The normalized spacial score (nSPS) is 11.9.